The van der Waals surface area contributed by atoms with Gasteiger partial charge in [-0.25, -0.2) is 0 Å². The largest absolute Gasteiger partial charge is 0.381 e. The van der Waals surface area contributed by atoms with Gasteiger partial charge in [0.2, 0.25) is 5.91 Å². The van der Waals surface area contributed by atoms with E-state index in [1.807, 2.05) is 0 Å². The Morgan fingerprint density at radius 3 is 2.60 bits per heavy atom. The molecule has 2 rings (SSSR count). The van der Waals surface area contributed by atoms with Gasteiger partial charge in [0.05, 0.1) is 5.54 Å². The van der Waals surface area contributed by atoms with Gasteiger partial charge in [-0.05, 0) is 38.5 Å². The van der Waals surface area contributed by atoms with Crippen LogP contribution in [0.25, 0.3) is 0 Å². The third-order valence-corrected chi connectivity index (χ3v) is 3.57. The molecule has 0 radical (unpaired) electrons. The minimum atomic E-state index is -0.542. The third kappa shape index (κ3) is 2.49. The van der Waals surface area contributed by atoms with E-state index in [4.69, 9.17) is 10.5 Å². The standard InChI is InChI=1S/C11H20N2O2/c1-8(9-2-6-15-7-3-9)13-10(14)11(12)4-5-11/h8-9H,2-7,12H2,1H3,(H,13,14). The molecule has 1 amide bonds. The molecule has 1 saturated heterocycles. The van der Waals surface area contributed by atoms with Crippen LogP contribution in [0.3, 0.4) is 0 Å². The lowest BCUT2D eigenvalue weighted by molar-refractivity contribution is -0.124. The SMILES string of the molecule is CC(NC(=O)C1(N)CC1)C1CCOCC1. The van der Waals surface area contributed by atoms with Crippen LogP contribution in [0.5, 0.6) is 0 Å². The van der Waals surface area contributed by atoms with Crippen LogP contribution in [0.15, 0.2) is 0 Å². The average molecular weight is 212 g/mol. The van der Waals surface area contributed by atoms with E-state index in [9.17, 15) is 4.79 Å². The predicted octanol–water partition coefficient (Wildman–Crippen LogP) is 0.409. The first-order valence-corrected chi connectivity index (χ1v) is 5.79. The molecule has 2 aliphatic rings. The van der Waals surface area contributed by atoms with Crippen molar-refractivity contribution in [1.82, 2.24) is 5.32 Å². The van der Waals surface area contributed by atoms with Gasteiger partial charge in [0, 0.05) is 19.3 Å². The fraction of sp³-hybridized carbons (Fsp3) is 0.909. The second-order valence-electron chi connectivity index (χ2n) is 4.87. The molecule has 15 heavy (non-hydrogen) atoms. The number of amides is 1. The summed E-state index contributed by atoms with van der Waals surface area (Å²) in [5.41, 5.74) is 5.29. The maximum absolute atomic E-state index is 11.7. The van der Waals surface area contributed by atoms with Gasteiger partial charge in [-0.15, -0.1) is 0 Å². The molecule has 1 saturated carbocycles. The summed E-state index contributed by atoms with van der Waals surface area (Å²) in [4.78, 5) is 11.7. The molecular formula is C11H20N2O2. The van der Waals surface area contributed by atoms with Crippen molar-refractivity contribution >= 4 is 5.91 Å². The Morgan fingerprint density at radius 2 is 2.07 bits per heavy atom. The minimum absolute atomic E-state index is 0.0292. The summed E-state index contributed by atoms with van der Waals surface area (Å²) in [6, 6.07) is 0.224. The summed E-state index contributed by atoms with van der Waals surface area (Å²) in [6.07, 6.45) is 3.75. The molecule has 1 heterocycles. The second kappa shape index (κ2) is 4.10. The number of nitrogens with two attached hydrogens (primary N) is 1. The highest BCUT2D eigenvalue weighted by atomic mass is 16.5. The van der Waals surface area contributed by atoms with Crippen molar-refractivity contribution < 1.29 is 9.53 Å². The first-order chi connectivity index (χ1) is 7.12. The van der Waals surface area contributed by atoms with Gasteiger partial charge >= 0.3 is 0 Å². The van der Waals surface area contributed by atoms with E-state index in [1.54, 1.807) is 0 Å². The quantitative estimate of drug-likeness (QED) is 0.712. The summed E-state index contributed by atoms with van der Waals surface area (Å²) in [6.45, 7) is 3.71. The van der Waals surface area contributed by atoms with Crippen LogP contribution in [0, 0.1) is 5.92 Å². The minimum Gasteiger partial charge on any atom is -0.381 e. The fourth-order valence-corrected chi connectivity index (χ4v) is 2.05. The van der Waals surface area contributed by atoms with Crippen LogP contribution in [-0.2, 0) is 9.53 Å². The van der Waals surface area contributed by atoms with Crippen molar-refractivity contribution in [1.29, 1.82) is 0 Å². The van der Waals surface area contributed by atoms with E-state index < -0.39 is 5.54 Å². The Balaban J connectivity index is 1.80. The molecule has 86 valence electrons. The number of nitrogens with one attached hydrogen (secondary N) is 1. The molecule has 0 aromatic heterocycles. The van der Waals surface area contributed by atoms with Crippen molar-refractivity contribution in [2.24, 2.45) is 11.7 Å². The number of carbonyl (C=O) groups is 1. The number of hydrogen-bond acceptors (Lipinski definition) is 3. The van der Waals surface area contributed by atoms with Gasteiger partial charge in [-0.2, -0.15) is 0 Å². The summed E-state index contributed by atoms with van der Waals surface area (Å²) in [7, 11) is 0. The molecule has 0 aromatic rings. The van der Waals surface area contributed by atoms with Crippen LogP contribution in [0.1, 0.15) is 32.6 Å². The number of ether oxygens (including phenoxy) is 1. The lowest BCUT2D eigenvalue weighted by atomic mass is 9.92. The van der Waals surface area contributed by atoms with E-state index in [0.717, 1.165) is 38.9 Å². The van der Waals surface area contributed by atoms with Gasteiger partial charge < -0.3 is 15.8 Å². The number of rotatable bonds is 3. The highest BCUT2D eigenvalue weighted by Crippen LogP contribution is 2.32. The molecule has 0 spiro atoms. The zero-order valence-electron chi connectivity index (χ0n) is 9.29. The van der Waals surface area contributed by atoms with Crippen LogP contribution in [0.4, 0.5) is 0 Å². The topological polar surface area (TPSA) is 64.4 Å². The maximum Gasteiger partial charge on any atom is 0.240 e. The zero-order chi connectivity index (χ0) is 10.9. The van der Waals surface area contributed by atoms with Gasteiger partial charge in [0.15, 0.2) is 0 Å². The lowest BCUT2D eigenvalue weighted by Gasteiger charge is -2.29. The Hall–Kier alpha value is -0.610. The summed E-state index contributed by atoms with van der Waals surface area (Å²) >= 11 is 0. The molecule has 0 bridgehead atoms. The smallest absolute Gasteiger partial charge is 0.240 e. The molecule has 0 aromatic carbocycles. The van der Waals surface area contributed by atoms with Crippen molar-refractivity contribution in [3.8, 4) is 0 Å². The highest BCUT2D eigenvalue weighted by Gasteiger charge is 2.46. The van der Waals surface area contributed by atoms with Crippen molar-refractivity contribution in [3.63, 3.8) is 0 Å². The predicted molar refractivity (Wildman–Crippen MR) is 57.3 cm³/mol. The van der Waals surface area contributed by atoms with Crippen LogP contribution in [-0.4, -0.2) is 30.7 Å². The van der Waals surface area contributed by atoms with E-state index in [-0.39, 0.29) is 11.9 Å². The molecule has 1 aliphatic heterocycles. The Bertz CT molecular complexity index is 245. The second-order valence-corrected chi connectivity index (χ2v) is 4.87. The molecule has 4 nitrogen and oxygen atoms in total. The molecule has 1 aliphatic carbocycles. The van der Waals surface area contributed by atoms with E-state index >= 15 is 0 Å². The third-order valence-electron chi connectivity index (χ3n) is 3.57. The zero-order valence-corrected chi connectivity index (χ0v) is 9.29. The summed E-state index contributed by atoms with van der Waals surface area (Å²) in [5, 5.41) is 3.03. The number of carbonyl (C=O) groups excluding carboxylic acids is 1. The van der Waals surface area contributed by atoms with Crippen LogP contribution in [0.2, 0.25) is 0 Å². The van der Waals surface area contributed by atoms with Gasteiger partial charge in [0.1, 0.15) is 0 Å². The van der Waals surface area contributed by atoms with Crippen molar-refractivity contribution in [3.05, 3.63) is 0 Å². The molecule has 4 heteroatoms. The molecular weight excluding hydrogens is 192 g/mol. The van der Waals surface area contributed by atoms with E-state index in [0.29, 0.717) is 5.92 Å². The van der Waals surface area contributed by atoms with Crippen LogP contribution < -0.4 is 11.1 Å². The number of hydrogen-bond donors (Lipinski definition) is 2. The molecule has 2 fully saturated rings. The fourth-order valence-electron chi connectivity index (χ4n) is 2.05. The van der Waals surface area contributed by atoms with Gasteiger partial charge in [0.25, 0.3) is 0 Å². The summed E-state index contributed by atoms with van der Waals surface area (Å²) in [5.74, 6) is 0.576. The Labute approximate surface area is 90.5 Å². The van der Waals surface area contributed by atoms with E-state index in [1.165, 1.54) is 0 Å². The molecule has 3 N–H and O–H groups in total. The Morgan fingerprint density at radius 1 is 1.47 bits per heavy atom. The van der Waals surface area contributed by atoms with Gasteiger partial charge in [-0.1, -0.05) is 0 Å². The van der Waals surface area contributed by atoms with Crippen LogP contribution >= 0.6 is 0 Å². The summed E-state index contributed by atoms with van der Waals surface area (Å²) < 4.78 is 5.30. The van der Waals surface area contributed by atoms with Crippen molar-refractivity contribution in [2.45, 2.75) is 44.2 Å². The monoisotopic (exact) mass is 212 g/mol. The van der Waals surface area contributed by atoms with E-state index in [2.05, 4.69) is 12.2 Å². The van der Waals surface area contributed by atoms with Gasteiger partial charge in [-0.3, -0.25) is 4.79 Å². The first-order valence-electron chi connectivity index (χ1n) is 5.79. The molecule has 1 unspecified atom stereocenters. The van der Waals surface area contributed by atoms with Crippen molar-refractivity contribution in [2.75, 3.05) is 13.2 Å². The Kier molecular flexibility index (Phi) is 2.98. The highest BCUT2D eigenvalue weighted by molar-refractivity contribution is 5.89. The maximum atomic E-state index is 11.7. The average Bonchev–Trinajstić information content (AvgIpc) is 2.99. The first kappa shape index (κ1) is 10.9. The molecule has 1 atom stereocenters. The normalized spacial score (nSPS) is 27.1. The lowest BCUT2D eigenvalue weighted by Crippen LogP contribution is -2.49.